The van der Waals surface area contributed by atoms with Crippen molar-refractivity contribution in [1.29, 1.82) is 0 Å². The summed E-state index contributed by atoms with van der Waals surface area (Å²) in [6, 6.07) is 1.60. The average molecular weight is 270 g/mol. The van der Waals surface area contributed by atoms with E-state index >= 15 is 0 Å². The number of amides is 1. The van der Waals surface area contributed by atoms with Crippen LogP contribution in [0.1, 0.15) is 24.2 Å². The number of aromatic nitrogens is 2. The zero-order chi connectivity index (χ0) is 11.4. The van der Waals surface area contributed by atoms with Gasteiger partial charge in [-0.05, 0) is 22.0 Å². The van der Waals surface area contributed by atoms with Crippen LogP contribution < -0.4 is 5.73 Å². The minimum absolute atomic E-state index is 0.451. The van der Waals surface area contributed by atoms with E-state index in [0.29, 0.717) is 11.2 Å². The average Bonchev–Trinajstić information content (AvgIpc) is 2.63. The first-order chi connectivity index (χ1) is 7.20. The van der Waals surface area contributed by atoms with Crippen molar-refractivity contribution >= 4 is 32.9 Å². The molecule has 0 fully saturated rings. The predicted octanol–water partition coefficient (Wildman–Crippen LogP) is 2.45. The number of H-pyrrole nitrogens is 1. The predicted molar refractivity (Wildman–Crippen MR) is 63.7 cm³/mol. The van der Waals surface area contributed by atoms with Gasteiger partial charge < -0.3 is 10.7 Å². The number of pyridine rings is 1. The largest absolute Gasteiger partial charge is 0.366 e. The molecular weight excluding hydrogens is 258 g/mol. The van der Waals surface area contributed by atoms with E-state index < -0.39 is 5.91 Å². The highest BCUT2D eigenvalue weighted by atomic mass is 79.9. The number of carbonyl (C=O) groups is 1. The van der Waals surface area contributed by atoms with Gasteiger partial charge in [-0.3, -0.25) is 4.79 Å². The van der Waals surface area contributed by atoms with E-state index in [2.05, 4.69) is 25.9 Å². The van der Waals surface area contributed by atoms with Crippen molar-refractivity contribution in [3.8, 4) is 0 Å². The molecule has 0 aliphatic carbocycles. The molecule has 2 rings (SSSR count). The molecule has 0 saturated carbocycles. The van der Waals surface area contributed by atoms with Crippen LogP contribution in [0.15, 0.2) is 22.9 Å². The van der Waals surface area contributed by atoms with Gasteiger partial charge in [0.2, 0.25) is 5.91 Å². The van der Waals surface area contributed by atoms with Crippen LogP contribution in [0.2, 0.25) is 0 Å². The summed E-state index contributed by atoms with van der Waals surface area (Å²) < 4.78 is 0.796. The number of fused-ring (bicyclic) bond motifs is 1. The number of hydrogen-bond acceptors (Lipinski definition) is 2. The molecule has 4 nitrogen and oxygen atoms in total. The smallest absolute Gasteiger partial charge is 0.249 e. The van der Waals surface area contributed by atoms with Gasteiger partial charge in [0, 0.05) is 22.3 Å². The van der Waals surface area contributed by atoms with Crippen molar-refractivity contribution in [3.05, 3.63) is 28.5 Å². The maximum atomic E-state index is 11.0. The molecule has 0 unspecified atom stereocenters. The van der Waals surface area contributed by atoms with Gasteiger partial charge >= 0.3 is 0 Å². The van der Waals surface area contributed by atoms with Crippen molar-refractivity contribution in [2.24, 2.45) is 5.73 Å². The number of carbonyl (C=O) groups excluding carboxylic acids is 1. The van der Waals surface area contributed by atoms with Gasteiger partial charge in [-0.2, -0.15) is 0 Å². The van der Waals surface area contributed by atoms with Crippen LogP contribution in [0.25, 0.3) is 11.0 Å². The summed E-state index contributed by atoms with van der Waals surface area (Å²) in [6.45, 7) is 4.00. The van der Waals surface area contributed by atoms with Crippen molar-refractivity contribution in [2.75, 3.05) is 0 Å². The van der Waals surface area contributed by atoms with Crippen LogP contribution in [0.3, 0.4) is 0 Å². The Morgan fingerprint density at radius 3 is 2.80 bits per heavy atom. The first-order valence-electron chi connectivity index (χ1n) is 4.61. The number of halogens is 1. The first-order valence-corrected chi connectivity index (χ1v) is 5.41. The molecule has 5 heteroatoms. The highest BCUT2D eigenvalue weighted by molar-refractivity contribution is 9.10. The third-order valence-electron chi connectivity index (χ3n) is 1.79. The maximum Gasteiger partial charge on any atom is 0.249 e. The summed E-state index contributed by atoms with van der Waals surface area (Å²) >= 11 is 3.31. The van der Waals surface area contributed by atoms with Crippen LogP contribution in [0.5, 0.6) is 0 Å². The van der Waals surface area contributed by atoms with E-state index in [0.717, 1.165) is 9.86 Å². The van der Waals surface area contributed by atoms with Crippen LogP contribution in [0, 0.1) is 0 Å². The zero-order valence-corrected chi connectivity index (χ0v) is 10.1. The van der Waals surface area contributed by atoms with E-state index in [1.54, 1.807) is 18.5 Å². The summed E-state index contributed by atoms with van der Waals surface area (Å²) in [5, 5.41) is 0.731. The van der Waals surface area contributed by atoms with Crippen molar-refractivity contribution in [1.82, 2.24) is 9.97 Å². The summed E-state index contributed by atoms with van der Waals surface area (Å²) in [5.74, 6) is -0.451. The van der Waals surface area contributed by atoms with Crippen LogP contribution in [-0.4, -0.2) is 15.9 Å². The summed E-state index contributed by atoms with van der Waals surface area (Å²) in [7, 11) is 0. The highest BCUT2D eigenvalue weighted by Crippen LogP contribution is 2.24. The molecule has 0 spiro atoms. The lowest BCUT2D eigenvalue weighted by Crippen LogP contribution is -2.11. The molecular formula is C10H12BrN3O. The number of nitrogens with one attached hydrogen (secondary N) is 1. The van der Waals surface area contributed by atoms with Gasteiger partial charge in [0.25, 0.3) is 0 Å². The number of hydrogen-bond donors (Lipinski definition) is 2. The Labute approximate surface area is 96.0 Å². The standard InChI is InChI=1S/C8H6BrN3O.C2H6/c9-5-3-12-8-6(5)4(7(10)13)1-2-11-8;1-2/h1-3H,(H2,10,13)(H,11,12);1-2H3. The van der Waals surface area contributed by atoms with Gasteiger partial charge in [-0.25, -0.2) is 4.98 Å². The molecule has 2 heterocycles. The molecule has 2 aromatic rings. The summed E-state index contributed by atoms with van der Waals surface area (Å²) in [4.78, 5) is 18.0. The van der Waals surface area contributed by atoms with Crippen LogP contribution in [0.4, 0.5) is 0 Å². The minimum Gasteiger partial charge on any atom is -0.366 e. The molecule has 0 bridgehead atoms. The second kappa shape index (κ2) is 4.93. The number of primary amides is 1. The van der Waals surface area contributed by atoms with Crippen LogP contribution >= 0.6 is 15.9 Å². The van der Waals surface area contributed by atoms with Gasteiger partial charge in [0.05, 0.1) is 5.56 Å². The molecule has 1 amide bonds. The Bertz CT molecular complexity index is 478. The lowest BCUT2D eigenvalue weighted by atomic mass is 10.2. The molecule has 0 aromatic carbocycles. The van der Waals surface area contributed by atoms with E-state index in [9.17, 15) is 4.79 Å². The van der Waals surface area contributed by atoms with E-state index in [1.807, 2.05) is 13.8 Å². The Hall–Kier alpha value is -1.36. The number of nitrogens with zero attached hydrogens (tertiary/aromatic N) is 1. The quantitative estimate of drug-likeness (QED) is 0.835. The van der Waals surface area contributed by atoms with Crippen molar-refractivity contribution < 1.29 is 4.79 Å². The molecule has 0 aliphatic rings. The fourth-order valence-electron chi connectivity index (χ4n) is 1.22. The fraction of sp³-hybridized carbons (Fsp3) is 0.200. The number of nitrogens with two attached hydrogens (primary N) is 1. The molecule has 3 N–H and O–H groups in total. The normalized spacial score (nSPS) is 9.53. The minimum atomic E-state index is -0.451. The van der Waals surface area contributed by atoms with Crippen LogP contribution in [-0.2, 0) is 0 Å². The fourth-order valence-corrected chi connectivity index (χ4v) is 1.74. The Balaban J connectivity index is 0.000000531. The SMILES string of the molecule is CC.NC(=O)c1ccnc2[nH]cc(Br)c12. The van der Waals surface area contributed by atoms with Gasteiger partial charge in [0.15, 0.2) is 0 Å². The van der Waals surface area contributed by atoms with Crippen molar-refractivity contribution in [2.45, 2.75) is 13.8 Å². The van der Waals surface area contributed by atoms with Gasteiger partial charge in [-0.1, -0.05) is 13.8 Å². The molecule has 80 valence electrons. The molecule has 0 aliphatic heterocycles. The molecule has 0 saturated heterocycles. The third kappa shape index (κ3) is 2.18. The lowest BCUT2D eigenvalue weighted by Gasteiger charge is -1.96. The molecule has 0 radical (unpaired) electrons. The first kappa shape index (κ1) is 11.7. The Kier molecular flexibility index (Phi) is 3.85. The molecule has 2 aromatic heterocycles. The topological polar surface area (TPSA) is 71.8 Å². The van der Waals surface area contributed by atoms with Gasteiger partial charge in [-0.15, -0.1) is 0 Å². The highest BCUT2D eigenvalue weighted by Gasteiger charge is 2.10. The summed E-state index contributed by atoms with van der Waals surface area (Å²) in [6.07, 6.45) is 3.27. The monoisotopic (exact) mass is 269 g/mol. The molecule has 0 atom stereocenters. The Morgan fingerprint density at radius 2 is 2.20 bits per heavy atom. The number of rotatable bonds is 1. The zero-order valence-electron chi connectivity index (χ0n) is 8.54. The number of aromatic amines is 1. The van der Waals surface area contributed by atoms with E-state index in [4.69, 9.17) is 5.73 Å². The van der Waals surface area contributed by atoms with Crippen molar-refractivity contribution in [3.63, 3.8) is 0 Å². The maximum absolute atomic E-state index is 11.0. The van der Waals surface area contributed by atoms with E-state index in [1.165, 1.54) is 0 Å². The van der Waals surface area contributed by atoms with Gasteiger partial charge in [0.1, 0.15) is 5.65 Å². The second-order valence-corrected chi connectivity index (χ2v) is 3.44. The third-order valence-corrected chi connectivity index (χ3v) is 2.42. The molecule has 15 heavy (non-hydrogen) atoms. The summed E-state index contributed by atoms with van der Waals surface area (Å²) in [5.41, 5.74) is 6.33. The van der Waals surface area contributed by atoms with E-state index in [-0.39, 0.29) is 0 Å². The Morgan fingerprint density at radius 1 is 1.53 bits per heavy atom. The lowest BCUT2D eigenvalue weighted by molar-refractivity contribution is 0.100. The second-order valence-electron chi connectivity index (χ2n) is 2.58.